The Morgan fingerprint density at radius 1 is 1.60 bits per heavy atom. The van der Waals surface area contributed by atoms with Crippen LogP contribution in [0.2, 0.25) is 0 Å². The third-order valence-electron chi connectivity index (χ3n) is 1.31. The van der Waals surface area contributed by atoms with Crippen LogP contribution in [0.1, 0.15) is 19.8 Å². The minimum absolute atomic E-state index is 0.998. The molecule has 0 aliphatic heterocycles. The lowest BCUT2D eigenvalue weighted by Crippen LogP contribution is -2.15. The maximum absolute atomic E-state index is 3.99. The molecule has 0 atom stereocenters. The Bertz CT molecular complexity index is 157. The molecule has 0 aromatic carbocycles. The maximum atomic E-state index is 3.99. The molecule has 1 N–H and O–H groups in total. The van der Waals surface area contributed by atoms with Crippen LogP contribution in [0.5, 0.6) is 0 Å². The van der Waals surface area contributed by atoms with E-state index in [1.807, 2.05) is 12.3 Å². The van der Waals surface area contributed by atoms with Gasteiger partial charge < -0.3 is 5.43 Å². The summed E-state index contributed by atoms with van der Waals surface area (Å²) in [5.41, 5.74) is 3.13. The topological polar surface area (TPSA) is 29.9 Å². The fourth-order valence-electron chi connectivity index (χ4n) is 0.733. The molecule has 0 amide bonds. The van der Waals surface area contributed by atoms with E-state index in [2.05, 4.69) is 17.4 Å². The molecule has 3 heteroatoms. The molecule has 0 fully saturated rings. The number of nitrogens with zero attached hydrogens (tertiary/aromatic N) is 2. The predicted octanol–water partition coefficient (Wildman–Crippen LogP) is 1.23. The number of rotatable bonds is 4. The Labute approximate surface area is 61.0 Å². The molecule has 0 bridgehead atoms. The van der Waals surface area contributed by atoms with Crippen molar-refractivity contribution in [1.29, 1.82) is 0 Å². The van der Waals surface area contributed by atoms with Crippen molar-refractivity contribution >= 4 is 0 Å². The van der Waals surface area contributed by atoms with E-state index < -0.39 is 0 Å². The number of aromatic nitrogens is 2. The highest BCUT2D eigenvalue weighted by Gasteiger charge is 1.84. The molecule has 1 aromatic heterocycles. The molecule has 56 valence electrons. The van der Waals surface area contributed by atoms with Crippen molar-refractivity contribution in [1.82, 2.24) is 9.89 Å². The van der Waals surface area contributed by atoms with Gasteiger partial charge >= 0.3 is 0 Å². The van der Waals surface area contributed by atoms with Crippen LogP contribution in [0.15, 0.2) is 18.5 Å². The normalized spacial score (nSPS) is 9.70. The molecule has 0 aliphatic carbocycles. The van der Waals surface area contributed by atoms with Gasteiger partial charge in [-0.25, -0.2) is 0 Å². The van der Waals surface area contributed by atoms with E-state index in [9.17, 15) is 0 Å². The van der Waals surface area contributed by atoms with Gasteiger partial charge in [0.25, 0.3) is 0 Å². The van der Waals surface area contributed by atoms with Crippen molar-refractivity contribution in [3.8, 4) is 0 Å². The summed E-state index contributed by atoms with van der Waals surface area (Å²) < 4.78 is 0. The van der Waals surface area contributed by atoms with Crippen LogP contribution in [-0.4, -0.2) is 16.4 Å². The summed E-state index contributed by atoms with van der Waals surface area (Å²) in [6.07, 6.45) is 6.07. The molecule has 0 aliphatic rings. The van der Waals surface area contributed by atoms with Crippen molar-refractivity contribution in [2.45, 2.75) is 19.8 Å². The Morgan fingerprint density at radius 3 is 3.10 bits per heavy atom. The molecular formula is C7H13N3. The fraction of sp³-hybridized carbons (Fsp3) is 0.571. The van der Waals surface area contributed by atoms with Gasteiger partial charge in [-0.15, -0.1) is 0 Å². The van der Waals surface area contributed by atoms with Crippen LogP contribution >= 0.6 is 0 Å². The highest BCUT2D eigenvalue weighted by atomic mass is 15.5. The van der Waals surface area contributed by atoms with Gasteiger partial charge in [0.05, 0.1) is 6.20 Å². The number of unbranched alkanes of at least 4 members (excludes halogenated alkanes) is 1. The lowest BCUT2D eigenvalue weighted by Gasteiger charge is -2.02. The second kappa shape index (κ2) is 3.93. The molecule has 10 heavy (non-hydrogen) atoms. The Kier molecular flexibility index (Phi) is 2.80. The average molecular weight is 139 g/mol. The van der Waals surface area contributed by atoms with Crippen molar-refractivity contribution in [2.24, 2.45) is 0 Å². The largest absolute Gasteiger partial charge is 0.310 e. The quantitative estimate of drug-likeness (QED) is 0.636. The summed E-state index contributed by atoms with van der Waals surface area (Å²) >= 11 is 0. The predicted molar refractivity (Wildman–Crippen MR) is 41.4 cm³/mol. The van der Waals surface area contributed by atoms with Gasteiger partial charge in [0.2, 0.25) is 0 Å². The highest BCUT2D eigenvalue weighted by Crippen LogP contribution is 1.84. The van der Waals surface area contributed by atoms with Crippen molar-refractivity contribution in [2.75, 3.05) is 12.0 Å². The minimum atomic E-state index is 0.998. The van der Waals surface area contributed by atoms with E-state index in [4.69, 9.17) is 0 Å². The average Bonchev–Trinajstić information content (AvgIpc) is 2.41. The van der Waals surface area contributed by atoms with E-state index in [-0.39, 0.29) is 0 Å². The summed E-state index contributed by atoms with van der Waals surface area (Å²) in [6, 6.07) is 1.90. The van der Waals surface area contributed by atoms with Crippen LogP contribution in [0.3, 0.4) is 0 Å². The molecule has 0 unspecified atom stereocenters. The van der Waals surface area contributed by atoms with Gasteiger partial charge in [-0.1, -0.05) is 13.3 Å². The first kappa shape index (κ1) is 7.12. The van der Waals surface area contributed by atoms with Crippen LogP contribution in [0.25, 0.3) is 0 Å². The first-order chi connectivity index (χ1) is 4.93. The zero-order valence-electron chi connectivity index (χ0n) is 6.25. The van der Waals surface area contributed by atoms with E-state index in [0.717, 1.165) is 6.54 Å². The zero-order valence-corrected chi connectivity index (χ0v) is 6.25. The van der Waals surface area contributed by atoms with E-state index in [1.165, 1.54) is 12.8 Å². The zero-order chi connectivity index (χ0) is 7.23. The van der Waals surface area contributed by atoms with Gasteiger partial charge in [0.15, 0.2) is 0 Å². The third kappa shape index (κ3) is 2.09. The number of hydrogen-bond acceptors (Lipinski definition) is 2. The van der Waals surface area contributed by atoms with Crippen LogP contribution in [0, 0.1) is 0 Å². The lowest BCUT2D eigenvalue weighted by atomic mass is 10.3. The molecule has 1 aromatic rings. The van der Waals surface area contributed by atoms with E-state index in [1.54, 1.807) is 11.0 Å². The third-order valence-corrected chi connectivity index (χ3v) is 1.31. The number of hydrogen-bond donors (Lipinski definition) is 1. The van der Waals surface area contributed by atoms with Gasteiger partial charge in [-0.2, -0.15) is 9.89 Å². The maximum Gasteiger partial charge on any atom is 0.0510 e. The molecular weight excluding hydrogens is 126 g/mol. The standard InChI is InChI=1S/C7H13N3/c1-2-3-5-8-10-7-4-6-9-10/h4,6-8H,2-3,5H2,1H3. The molecule has 1 rings (SSSR count). The molecule has 0 saturated carbocycles. The second-order valence-corrected chi connectivity index (χ2v) is 2.21. The SMILES string of the molecule is CCCCNn1cccn1. The Hall–Kier alpha value is -0.990. The molecule has 0 radical (unpaired) electrons. The van der Waals surface area contributed by atoms with Crippen LogP contribution in [-0.2, 0) is 0 Å². The Morgan fingerprint density at radius 2 is 2.50 bits per heavy atom. The van der Waals surface area contributed by atoms with Crippen molar-refractivity contribution in [3.05, 3.63) is 18.5 Å². The molecule has 1 heterocycles. The van der Waals surface area contributed by atoms with E-state index in [0.29, 0.717) is 0 Å². The monoisotopic (exact) mass is 139 g/mol. The number of nitrogens with one attached hydrogen (secondary N) is 1. The Balaban J connectivity index is 2.15. The molecule has 0 saturated heterocycles. The lowest BCUT2D eigenvalue weighted by molar-refractivity contribution is 0.693. The van der Waals surface area contributed by atoms with Gasteiger partial charge in [-0.05, 0) is 12.5 Å². The summed E-state index contributed by atoms with van der Waals surface area (Å²) in [7, 11) is 0. The van der Waals surface area contributed by atoms with Gasteiger partial charge in [0, 0.05) is 12.7 Å². The molecule has 3 nitrogen and oxygen atoms in total. The van der Waals surface area contributed by atoms with Gasteiger partial charge in [-0.3, -0.25) is 0 Å². The second-order valence-electron chi connectivity index (χ2n) is 2.21. The highest BCUT2D eigenvalue weighted by molar-refractivity contribution is 4.80. The fourth-order valence-corrected chi connectivity index (χ4v) is 0.733. The summed E-state index contributed by atoms with van der Waals surface area (Å²) in [4.78, 5) is 1.73. The van der Waals surface area contributed by atoms with E-state index >= 15 is 0 Å². The summed E-state index contributed by atoms with van der Waals surface area (Å²) in [5.74, 6) is 0. The minimum Gasteiger partial charge on any atom is -0.310 e. The summed E-state index contributed by atoms with van der Waals surface area (Å²) in [5, 5.41) is 3.99. The summed E-state index contributed by atoms with van der Waals surface area (Å²) in [6.45, 7) is 3.17. The van der Waals surface area contributed by atoms with Crippen molar-refractivity contribution in [3.63, 3.8) is 0 Å². The first-order valence-corrected chi connectivity index (χ1v) is 3.67. The van der Waals surface area contributed by atoms with Gasteiger partial charge in [0.1, 0.15) is 0 Å². The van der Waals surface area contributed by atoms with Crippen LogP contribution < -0.4 is 5.43 Å². The first-order valence-electron chi connectivity index (χ1n) is 3.67. The van der Waals surface area contributed by atoms with Crippen molar-refractivity contribution < 1.29 is 0 Å². The smallest absolute Gasteiger partial charge is 0.0510 e. The van der Waals surface area contributed by atoms with Crippen LogP contribution in [0.4, 0.5) is 0 Å². The molecule has 0 spiro atoms.